The summed E-state index contributed by atoms with van der Waals surface area (Å²) in [5.41, 5.74) is 0.881. The summed E-state index contributed by atoms with van der Waals surface area (Å²) in [6.45, 7) is 1.53. The van der Waals surface area contributed by atoms with Crippen LogP contribution in [0.15, 0.2) is 35.5 Å². The number of benzene rings is 1. The summed E-state index contributed by atoms with van der Waals surface area (Å²) in [5, 5.41) is 4.97. The largest absolute Gasteiger partial charge is 0.573 e. The fourth-order valence-corrected chi connectivity index (χ4v) is 2.19. The van der Waals surface area contributed by atoms with Crippen LogP contribution < -0.4 is 15.4 Å². The molecule has 9 heteroatoms. The molecule has 0 aliphatic carbocycles. The molecule has 0 saturated heterocycles. The highest BCUT2D eigenvalue weighted by atomic mass is 19.4. The molecule has 0 saturated carbocycles. The molecular weight excluding hydrogens is 317 g/mol. The molecule has 0 aromatic heterocycles. The number of amides is 2. The Labute approximate surface area is 129 Å². The van der Waals surface area contributed by atoms with E-state index in [1.807, 2.05) is 0 Å². The van der Waals surface area contributed by atoms with Gasteiger partial charge in [-0.3, -0.25) is 0 Å². The van der Waals surface area contributed by atoms with Crippen LogP contribution >= 0.6 is 0 Å². The van der Waals surface area contributed by atoms with Gasteiger partial charge in [0.05, 0.1) is 18.7 Å². The van der Waals surface area contributed by atoms with Crippen molar-refractivity contribution in [3.05, 3.63) is 41.1 Å². The van der Waals surface area contributed by atoms with Crippen LogP contribution in [0.2, 0.25) is 0 Å². The van der Waals surface area contributed by atoms with E-state index in [1.165, 1.54) is 26.2 Å². The van der Waals surface area contributed by atoms with Gasteiger partial charge in [-0.15, -0.1) is 13.2 Å². The molecule has 1 aromatic carbocycles. The number of allylic oxidation sites excluding steroid dienone is 1. The van der Waals surface area contributed by atoms with Crippen LogP contribution in [-0.4, -0.2) is 25.5 Å². The highest BCUT2D eigenvalue weighted by molar-refractivity contribution is 5.94. The molecule has 0 fully saturated rings. The molecule has 23 heavy (non-hydrogen) atoms. The Morgan fingerprint density at radius 2 is 1.83 bits per heavy atom. The van der Waals surface area contributed by atoms with E-state index < -0.39 is 30.2 Å². The van der Waals surface area contributed by atoms with Gasteiger partial charge in [0.1, 0.15) is 5.75 Å². The van der Waals surface area contributed by atoms with E-state index in [1.54, 1.807) is 0 Å². The Balaban J connectivity index is 2.33. The summed E-state index contributed by atoms with van der Waals surface area (Å²) in [6, 6.07) is 3.48. The summed E-state index contributed by atoms with van der Waals surface area (Å²) in [4.78, 5) is 23.5. The van der Waals surface area contributed by atoms with Gasteiger partial charge in [0.15, 0.2) is 0 Å². The smallest absolute Gasteiger partial charge is 0.466 e. The number of nitrogens with one attached hydrogen (secondary N) is 2. The van der Waals surface area contributed by atoms with Crippen LogP contribution in [0.5, 0.6) is 5.75 Å². The fourth-order valence-electron chi connectivity index (χ4n) is 2.19. The summed E-state index contributed by atoms with van der Waals surface area (Å²) in [6.07, 6.45) is -4.79. The number of carbonyl (C=O) groups excluding carboxylic acids is 2. The highest BCUT2D eigenvalue weighted by Crippen LogP contribution is 2.30. The zero-order valence-electron chi connectivity index (χ0n) is 12.2. The quantitative estimate of drug-likeness (QED) is 0.835. The van der Waals surface area contributed by atoms with Gasteiger partial charge >= 0.3 is 18.4 Å². The van der Waals surface area contributed by atoms with E-state index in [2.05, 4.69) is 20.1 Å². The maximum Gasteiger partial charge on any atom is 0.573 e. The minimum Gasteiger partial charge on any atom is -0.466 e. The van der Waals surface area contributed by atoms with E-state index in [4.69, 9.17) is 0 Å². The van der Waals surface area contributed by atoms with E-state index in [-0.39, 0.29) is 5.57 Å². The van der Waals surface area contributed by atoms with Gasteiger partial charge in [-0.05, 0) is 24.6 Å². The summed E-state index contributed by atoms with van der Waals surface area (Å²) >= 11 is 0. The van der Waals surface area contributed by atoms with E-state index in [0.29, 0.717) is 11.3 Å². The topological polar surface area (TPSA) is 76.7 Å². The standard InChI is InChI=1S/C14H13F3N2O4/c1-7-10(12(20)22-2)11(19-13(21)18-7)8-3-5-9(6-4-8)23-14(15,16)17/h3-6,11H,1-2H3,(H2,18,19,21)/t11-/m0/s1. The van der Waals surface area contributed by atoms with E-state index in [9.17, 15) is 22.8 Å². The molecule has 0 radical (unpaired) electrons. The number of halogens is 3. The van der Waals surface area contributed by atoms with Gasteiger partial charge in [0.2, 0.25) is 0 Å². The predicted octanol–water partition coefficient (Wildman–Crippen LogP) is 2.39. The normalized spacial score (nSPS) is 18.1. The third-order valence-electron chi connectivity index (χ3n) is 3.12. The molecule has 2 N–H and O–H groups in total. The van der Waals surface area contributed by atoms with Gasteiger partial charge in [0.25, 0.3) is 0 Å². The predicted molar refractivity (Wildman–Crippen MR) is 72.2 cm³/mol. The van der Waals surface area contributed by atoms with E-state index in [0.717, 1.165) is 12.1 Å². The van der Waals surface area contributed by atoms with Crippen molar-refractivity contribution in [1.82, 2.24) is 10.6 Å². The van der Waals surface area contributed by atoms with Crippen LogP contribution in [0.3, 0.4) is 0 Å². The van der Waals surface area contributed by atoms with Crippen molar-refractivity contribution in [3.63, 3.8) is 0 Å². The number of alkyl halides is 3. The Bertz CT molecular complexity index is 653. The molecular formula is C14H13F3N2O4. The third kappa shape index (κ3) is 3.93. The number of hydrogen-bond acceptors (Lipinski definition) is 4. The molecule has 124 valence electrons. The molecule has 6 nitrogen and oxygen atoms in total. The number of carbonyl (C=O) groups is 2. The van der Waals surface area contributed by atoms with Crippen molar-refractivity contribution >= 4 is 12.0 Å². The first-order chi connectivity index (χ1) is 10.7. The van der Waals surface area contributed by atoms with Gasteiger partial charge in [-0.2, -0.15) is 0 Å². The summed E-state index contributed by atoms with van der Waals surface area (Å²) in [5.74, 6) is -1.06. The maximum absolute atomic E-state index is 12.2. The first kappa shape index (κ1) is 16.7. The van der Waals surface area contributed by atoms with Crippen molar-refractivity contribution in [2.45, 2.75) is 19.3 Å². The number of esters is 1. The Hall–Kier alpha value is -2.71. The fraction of sp³-hybridized carbons (Fsp3) is 0.286. The van der Waals surface area contributed by atoms with Gasteiger partial charge in [-0.1, -0.05) is 12.1 Å². The summed E-state index contributed by atoms with van der Waals surface area (Å²) < 4.78 is 44.9. The minimum atomic E-state index is -4.79. The Morgan fingerprint density at radius 3 is 2.35 bits per heavy atom. The molecule has 2 amide bonds. The number of rotatable bonds is 3. The molecule has 1 aromatic rings. The Kier molecular flexibility index (Phi) is 4.48. The van der Waals surface area contributed by atoms with E-state index >= 15 is 0 Å². The van der Waals surface area contributed by atoms with Crippen molar-refractivity contribution in [2.24, 2.45) is 0 Å². The molecule has 0 bridgehead atoms. The van der Waals surface area contributed by atoms with Crippen molar-refractivity contribution in [1.29, 1.82) is 0 Å². The molecule has 1 aliphatic heterocycles. The number of hydrogen-bond donors (Lipinski definition) is 2. The lowest BCUT2D eigenvalue weighted by molar-refractivity contribution is -0.274. The maximum atomic E-state index is 12.2. The van der Waals surface area contributed by atoms with Crippen LogP contribution in [0, 0.1) is 0 Å². The minimum absolute atomic E-state index is 0.164. The molecule has 1 aliphatic rings. The van der Waals surface area contributed by atoms with Crippen molar-refractivity contribution < 1.29 is 32.2 Å². The van der Waals surface area contributed by atoms with Crippen LogP contribution in [0.1, 0.15) is 18.5 Å². The van der Waals surface area contributed by atoms with Crippen LogP contribution in [0.4, 0.5) is 18.0 Å². The van der Waals surface area contributed by atoms with Gasteiger partial charge < -0.3 is 20.1 Å². The first-order valence-electron chi connectivity index (χ1n) is 6.43. The van der Waals surface area contributed by atoms with Crippen LogP contribution in [-0.2, 0) is 9.53 Å². The van der Waals surface area contributed by atoms with Gasteiger partial charge in [-0.25, -0.2) is 9.59 Å². The highest BCUT2D eigenvalue weighted by Gasteiger charge is 2.33. The molecule has 0 spiro atoms. The van der Waals surface area contributed by atoms with Crippen LogP contribution in [0.25, 0.3) is 0 Å². The Morgan fingerprint density at radius 1 is 1.22 bits per heavy atom. The second-order valence-corrected chi connectivity index (χ2v) is 4.68. The molecule has 1 heterocycles. The zero-order valence-corrected chi connectivity index (χ0v) is 12.2. The second kappa shape index (κ2) is 6.19. The molecule has 0 unspecified atom stereocenters. The van der Waals surface area contributed by atoms with Gasteiger partial charge in [0, 0.05) is 5.70 Å². The zero-order chi connectivity index (χ0) is 17.2. The molecule has 1 atom stereocenters. The monoisotopic (exact) mass is 330 g/mol. The third-order valence-corrected chi connectivity index (χ3v) is 3.12. The number of urea groups is 1. The summed E-state index contributed by atoms with van der Waals surface area (Å²) in [7, 11) is 1.19. The number of methoxy groups -OCH3 is 1. The average Bonchev–Trinajstić information content (AvgIpc) is 2.45. The lowest BCUT2D eigenvalue weighted by Gasteiger charge is -2.27. The SMILES string of the molecule is COC(=O)C1=C(C)NC(=O)N[C@H]1c1ccc(OC(F)(F)F)cc1. The van der Waals surface area contributed by atoms with Crippen molar-refractivity contribution in [2.75, 3.05) is 7.11 Å². The average molecular weight is 330 g/mol. The number of ether oxygens (including phenoxy) is 2. The second-order valence-electron chi connectivity index (χ2n) is 4.68. The van der Waals surface area contributed by atoms with Crippen molar-refractivity contribution in [3.8, 4) is 5.75 Å². The first-order valence-corrected chi connectivity index (χ1v) is 6.43. The lowest BCUT2D eigenvalue weighted by Crippen LogP contribution is -2.45. The molecule has 2 rings (SSSR count). The lowest BCUT2D eigenvalue weighted by atomic mass is 9.95.